The van der Waals surface area contributed by atoms with Gasteiger partial charge in [-0.1, -0.05) is 54.6 Å². The molecular formula is C26H29NO4S. The molecule has 0 bridgehead atoms. The van der Waals surface area contributed by atoms with E-state index in [1.165, 1.54) is 16.7 Å². The Morgan fingerprint density at radius 1 is 1.06 bits per heavy atom. The van der Waals surface area contributed by atoms with Crippen LogP contribution in [-0.4, -0.2) is 31.9 Å². The predicted molar refractivity (Wildman–Crippen MR) is 128 cm³/mol. The summed E-state index contributed by atoms with van der Waals surface area (Å²) in [5.41, 5.74) is 6.87. The molecule has 1 aliphatic rings. The molecule has 0 saturated heterocycles. The maximum absolute atomic E-state index is 10.7. The van der Waals surface area contributed by atoms with E-state index in [1.807, 2.05) is 36.4 Å². The average molecular weight is 452 g/mol. The molecule has 3 aromatic carbocycles. The first-order chi connectivity index (χ1) is 15.5. The van der Waals surface area contributed by atoms with Crippen LogP contribution in [0.4, 0.5) is 0 Å². The molecule has 0 unspecified atom stereocenters. The SMILES string of the molecule is Cc1c(COc2ccc3c(c2)C[C@H](O)[C@H]3NCCC[SH](=O)=O)cccc1-c1ccccc1. The lowest BCUT2D eigenvalue weighted by Gasteiger charge is -2.18. The third kappa shape index (κ3) is 5.21. The minimum absolute atomic E-state index is 0.162. The van der Waals surface area contributed by atoms with Crippen molar-refractivity contribution in [3.05, 3.63) is 89.0 Å². The highest BCUT2D eigenvalue weighted by Crippen LogP contribution is 2.34. The second kappa shape index (κ2) is 10.3. The number of ether oxygens (including phenoxy) is 1. The molecule has 3 aromatic rings. The Balaban J connectivity index is 1.42. The molecule has 0 aromatic heterocycles. The van der Waals surface area contributed by atoms with Crippen molar-refractivity contribution < 1.29 is 18.3 Å². The molecular weight excluding hydrogens is 422 g/mol. The highest BCUT2D eigenvalue weighted by molar-refractivity contribution is 7.72. The summed E-state index contributed by atoms with van der Waals surface area (Å²) >= 11 is 0. The molecule has 2 N–H and O–H groups in total. The van der Waals surface area contributed by atoms with E-state index in [0.29, 0.717) is 26.0 Å². The van der Waals surface area contributed by atoms with Crippen LogP contribution in [0.3, 0.4) is 0 Å². The topological polar surface area (TPSA) is 75.6 Å². The number of nitrogens with one attached hydrogen (secondary N) is 1. The molecule has 0 saturated carbocycles. The maximum Gasteiger partial charge on any atom is 0.140 e. The minimum Gasteiger partial charge on any atom is -0.489 e. The van der Waals surface area contributed by atoms with E-state index in [1.54, 1.807) is 0 Å². The van der Waals surface area contributed by atoms with Crippen LogP contribution in [-0.2, 0) is 23.7 Å². The monoisotopic (exact) mass is 451 g/mol. The number of thiol groups is 1. The lowest BCUT2D eigenvalue weighted by atomic mass is 9.97. The van der Waals surface area contributed by atoms with Gasteiger partial charge in [0.25, 0.3) is 0 Å². The molecule has 0 spiro atoms. The number of hydrogen-bond acceptors (Lipinski definition) is 5. The van der Waals surface area contributed by atoms with Gasteiger partial charge in [0.1, 0.15) is 23.1 Å². The fourth-order valence-electron chi connectivity index (χ4n) is 4.35. The van der Waals surface area contributed by atoms with E-state index in [0.717, 1.165) is 22.4 Å². The standard InChI is InChI=1S/C26H29NO4S/c1-18-20(9-5-10-23(18)19-7-3-2-4-8-19)17-31-22-11-12-24-21(15-22)16-25(28)26(24)27-13-6-14-32(29)30/h2-5,7-12,15,25-28,32H,6,13-14,16-17H2,1H3/t25-,26-/m0/s1. The highest BCUT2D eigenvalue weighted by Gasteiger charge is 2.30. The van der Waals surface area contributed by atoms with Crippen LogP contribution in [0.1, 0.15) is 34.7 Å². The Labute approximate surface area is 191 Å². The summed E-state index contributed by atoms with van der Waals surface area (Å²) in [4.78, 5) is 0. The Bertz CT molecular complexity index is 1140. The summed E-state index contributed by atoms with van der Waals surface area (Å²) in [6.45, 7) is 3.15. The largest absolute Gasteiger partial charge is 0.489 e. The van der Waals surface area contributed by atoms with Gasteiger partial charge in [0.05, 0.1) is 12.1 Å². The van der Waals surface area contributed by atoms with Crippen molar-refractivity contribution in [2.24, 2.45) is 0 Å². The molecule has 5 nitrogen and oxygen atoms in total. The molecule has 168 valence electrons. The number of aliphatic hydroxyl groups is 1. The lowest BCUT2D eigenvalue weighted by molar-refractivity contribution is 0.141. The second-order valence-electron chi connectivity index (χ2n) is 8.22. The van der Waals surface area contributed by atoms with Crippen LogP contribution in [0.5, 0.6) is 5.75 Å². The van der Waals surface area contributed by atoms with Crippen molar-refractivity contribution >= 4 is 10.7 Å². The van der Waals surface area contributed by atoms with Crippen molar-refractivity contribution in [1.82, 2.24) is 5.32 Å². The normalized spacial score (nSPS) is 17.5. The number of rotatable bonds is 9. The number of aliphatic hydroxyl groups excluding tert-OH is 1. The van der Waals surface area contributed by atoms with Crippen LogP contribution in [0, 0.1) is 6.92 Å². The molecule has 0 radical (unpaired) electrons. The van der Waals surface area contributed by atoms with Gasteiger partial charge in [-0.15, -0.1) is 0 Å². The van der Waals surface area contributed by atoms with Crippen LogP contribution in [0.25, 0.3) is 11.1 Å². The lowest BCUT2D eigenvalue weighted by Crippen LogP contribution is -2.29. The summed E-state index contributed by atoms with van der Waals surface area (Å²) < 4.78 is 27.5. The first kappa shape index (κ1) is 22.5. The van der Waals surface area contributed by atoms with Gasteiger partial charge in [0, 0.05) is 12.2 Å². The zero-order valence-electron chi connectivity index (χ0n) is 18.2. The molecule has 32 heavy (non-hydrogen) atoms. The van der Waals surface area contributed by atoms with Crippen molar-refractivity contribution in [3.8, 4) is 16.9 Å². The summed E-state index contributed by atoms with van der Waals surface area (Å²) in [6, 6.07) is 22.4. The zero-order chi connectivity index (χ0) is 22.5. The molecule has 4 rings (SSSR count). The minimum atomic E-state index is -2.35. The molecule has 2 atom stereocenters. The highest BCUT2D eigenvalue weighted by atomic mass is 32.2. The summed E-state index contributed by atoms with van der Waals surface area (Å²) in [5, 5.41) is 13.8. The Morgan fingerprint density at radius 2 is 1.88 bits per heavy atom. The smallest absolute Gasteiger partial charge is 0.140 e. The van der Waals surface area contributed by atoms with E-state index >= 15 is 0 Å². The van der Waals surface area contributed by atoms with Gasteiger partial charge < -0.3 is 15.2 Å². The van der Waals surface area contributed by atoms with Crippen LogP contribution in [0.15, 0.2) is 66.7 Å². The first-order valence-electron chi connectivity index (χ1n) is 11.0. The van der Waals surface area contributed by atoms with Gasteiger partial charge in [0.15, 0.2) is 0 Å². The molecule has 0 heterocycles. The maximum atomic E-state index is 10.7. The number of fused-ring (bicyclic) bond motifs is 1. The number of hydrogen-bond donors (Lipinski definition) is 3. The predicted octanol–water partition coefficient (Wildman–Crippen LogP) is 3.79. The van der Waals surface area contributed by atoms with E-state index in [9.17, 15) is 13.5 Å². The van der Waals surface area contributed by atoms with Gasteiger partial charge in [-0.05, 0) is 65.4 Å². The van der Waals surface area contributed by atoms with Gasteiger partial charge in [-0.3, -0.25) is 0 Å². The van der Waals surface area contributed by atoms with Gasteiger partial charge in [-0.2, -0.15) is 0 Å². The second-order valence-corrected chi connectivity index (χ2v) is 9.33. The molecule has 0 fully saturated rings. The van der Waals surface area contributed by atoms with Crippen molar-refractivity contribution in [1.29, 1.82) is 0 Å². The van der Waals surface area contributed by atoms with Crippen molar-refractivity contribution in [2.75, 3.05) is 12.3 Å². The van der Waals surface area contributed by atoms with Crippen LogP contribution < -0.4 is 10.1 Å². The van der Waals surface area contributed by atoms with E-state index in [2.05, 4.69) is 42.6 Å². The molecule has 0 amide bonds. The summed E-state index contributed by atoms with van der Waals surface area (Å²) in [7, 11) is -2.35. The van der Waals surface area contributed by atoms with Crippen LogP contribution >= 0.6 is 0 Å². The Morgan fingerprint density at radius 3 is 2.66 bits per heavy atom. The van der Waals surface area contributed by atoms with Crippen molar-refractivity contribution in [2.45, 2.75) is 38.5 Å². The van der Waals surface area contributed by atoms with Gasteiger partial charge >= 0.3 is 0 Å². The van der Waals surface area contributed by atoms with E-state index in [-0.39, 0.29) is 11.8 Å². The first-order valence-corrected chi connectivity index (χ1v) is 12.3. The summed E-state index contributed by atoms with van der Waals surface area (Å²) in [5.74, 6) is 0.944. The molecule has 1 aliphatic carbocycles. The van der Waals surface area contributed by atoms with Crippen molar-refractivity contribution in [3.63, 3.8) is 0 Å². The number of benzene rings is 3. The Kier molecular flexibility index (Phi) is 7.25. The van der Waals surface area contributed by atoms with E-state index < -0.39 is 16.8 Å². The fourth-order valence-corrected chi connectivity index (χ4v) is 4.76. The molecule has 0 aliphatic heterocycles. The fraction of sp³-hybridized carbons (Fsp3) is 0.308. The van der Waals surface area contributed by atoms with E-state index in [4.69, 9.17) is 4.74 Å². The Hall–Kier alpha value is -2.67. The third-order valence-corrected chi connectivity index (χ3v) is 6.75. The zero-order valence-corrected chi connectivity index (χ0v) is 19.1. The average Bonchev–Trinajstić information content (AvgIpc) is 3.10. The molecule has 6 heteroatoms. The van der Waals surface area contributed by atoms with Gasteiger partial charge in [-0.25, -0.2) is 8.42 Å². The summed E-state index contributed by atoms with van der Waals surface area (Å²) in [6.07, 6.45) is 0.577. The quantitative estimate of drug-likeness (QED) is 0.341. The third-order valence-electron chi connectivity index (χ3n) is 6.07. The van der Waals surface area contributed by atoms with Gasteiger partial charge in [0.2, 0.25) is 0 Å². The van der Waals surface area contributed by atoms with Crippen LogP contribution in [0.2, 0.25) is 0 Å².